The molecule has 0 spiro atoms. The van der Waals surface area contributed by atoms with Crippen LogP contribution in [0.3, 0.4) is 0 Å². The number of carbonyl (C=O) groups excluding carboxylic acids is 1. The van der Waals surface area contributed by atoms with Crippen LogP contribution in [-0.2, 0) is 10.0 Å². The van der Waals surface area contributed by atoms with E-state index in [1.807, 2.05) is 0 Å². The highest BCUT2D eigenvalue weighted by molar-refractivity contribution is 7.89. The van der Waals surface area contributed by atoms with Crippen molar-refractivity contribution >= 4 is 21.6 Å². The summed E-state index contributed by atoms with van der Waals surface area (Å²) in [7, 11) is -3.60. The summed E-state index contributed by atoms with van der Waals surface area (Å²) in [4.78, 5) is 12.8. The summed E-state index contributed by atoms with van der Waals surface area (Å²) in [5, 5.41) is 2.78. The molecule has 0 atom stereocenters. The van der Waals surface area contributed by atoms with Crippen molar-refractivity contribution in [2.75, 3.05) is 25.0 Å². The van der Waals surface area contributed by atoms with Gasteiger partial charge in [-0.05, 0) is 61.2 Å². The number of piperidine rings is 1. The first kappa shape index (κ1) is 21.1. The summed E-state index contributed by atoms with van der Waals surface area (Å²) in [6, 6.07) is 13.1. The van der Waals surface area contributed by atoms with Crippen molar-refractivity contribution in [3.8, 4) is 5.75 Å². The molecule has 1 heterocycles. The largest absolute Gasteiger partial charge is 0.490 e. The van der Waals surface area contributed by atoms with E-state index in [9.17, 15) is 13.2 Å². The molecule has 1 aliphatic heterocycles. The fourth-order valence-corrected chi connectivity index (χ4v) is 4.68. The van der Waals surface area contributed by atoms with E-state index in [1.54, 1.807) is 42.5 Å². The van der Waals surface area contributed by atoms with E-state index >= 15 is 0 Å². The summed E-state index contributed by atoms with van der Waals surface area (Å²) in [5.74, 6) is 0.841. The van der Waals surface area contributed by atoms with Gasteiger partial charge in [-0.15, -0.1) is 0 Å². The van der Waals surface area contributed by atoms with E-state index in [0.717, 1.165) is 12.8 Å². The highest BCUT2D eigenvalue weighted by Crippen LogP contribution is 2.24. The Kier molecular flexibility index (Phi) is 6.71. The summed E-state index contributed by atoms with van der Waals surface area (Å²) < 4.78 is 32.8. The molecule has 2 aromatic rings. The Morgan fingerprint density at radius 2 is 1.90 bits per heavy atom. The maximum Gasteiger partial charge on any atom is 0.255 e. The molecule has 0 aliphatic carbocycles. The molecule has 1 aliphatic rings. The lowest BCUT2D eigenvalue weighted by Crippen LogP contribution is -2.37. The van der Waals surface area contributed by atoms with Crippen molar-refractivity contribution in [2.24, 2.45) is 5.92 Å². The zero-order valence-corrected chi connectivity index (χ0v) is 17.3. The molecule has 154 valence electrons. The molecular weight excluding hydrogens is 388 g/mol. The number of nitrogens with one attached hydrogen (secondary N) is 1. The van der Waals surface area contributed by atoms with Crippen LogP contribution >= 0.6 is 0 Å². The Morgan fingerprint density at radius 3 is 2.55 bits per heavy atom. The zero-order chi connectivity index (χ0) is 20.9. The molecule has 0 bridgehead atoms. The van der Waals surface area contributed by atoms with Crippen molar-refractivity contribution < 1.29 is 17.9 Å². The maximum atomic E-state index is 12.9. The second-order valence-corrected chi connectivity index (χ2v) is 9.13. The van der Waals surface area contributed by atoms with Crippen LogP contribution in [-0.4, -0.2) is 38.3 Å². The molecule has 0 saturated carbocycles. The number of benzene rings is 2. The number of carbonyl (C=O) groups is 1. The minimum Gasteiger partial charge on any atom is -0.490 e. The smallest absolute Gasteiger partial charge is 0.255 e. The second kappa shape index (κ2) is 9.24. The van der Waals surface area contributed by atoms with Gasteiger partial charge in [-0.2, -0.15) is 4.31 Å². The van der Waals surface area contributed by atoms with Crippen LogP contribution in [0.25, 0.3) is 0 Å². The lowest BCUT2D eigenvalue weighted by Gasteiger charge is -2.29. The number of rotatable bonds is 7. The van der Waals surface area contributed by atoms with Crippen molar-refractivity contribution in [3.63, 3.8) is 0 Å². The van der Waals surface area contributed by atoms with Crippen LogP contribution in [0.5, 0.6) is 5.75 Å². The number of nitrogens with zero attached hydrogens (tertiary/aromatic N) is 1. The van der Waals surface area contributed by atoms with E-state index < -0.39 is 10.0 Å². The van der Waals surface area contributed by atoms with Crippen LogP contribution in [0.1, 0.15) is 30.1 Å². The van der Waals surface area contributed by atoms with Crippen LogP contribution in [0.15, 0.2) is 66.1 Å². The number of ether oxygens (including phenoxy) is 1. The summed E-state index contributed by atoms with van der Waals surface area (Å²) in [6.45, 7) is 7.16. The number of sulfonamides is 1. The highest BCUT2D eigenvalue weighted by atomic mass is 32.2. The number of hydrogen-bond donors (Lipinski definition) is 1. The van der Waals surface area contributed by atoms with Gasteiger partial charge in [0.2, 0.25) is 10.0 Å². The van der Waals surface area contributed by atoms with Gasteiger partial charge in [-0.25, -0.2) is 8.42 Å². The molecule has 1 fully saturated rings. The van der Waals surface area contributed by atoms with Gasteiger partial charge in [0.15, 0.2) is 0 Å². The Bertz CT molecular complexity index is 963. The molecule has 7 heteroatoms. The predicted molar refractivity (Wildman–Crippen MR) is 114 cm³/mol. The average molecular weight is 415 g/mol. The summed E-state index contributed by atoms with van der Waals surface area (Å²) in [5.41, 5.74) is 0.891. The van der Waals surface area contributed by atoms with Gasteiger partial charge in [-0.1, -0.05) is 25.6 Å². The standard InChI is InChI=1S/C22H26N2O4S/c1-3-15-28-20-9-7-19(8-10-20)23-22(25)18-5-4-6-21(16-18)29(26,27)24-13-11-17(2)12-14-24/h3-10,16-17H,1,11-15H2,2H3,(H,23,25). The van der Waals surface area contributed by atoms with Crippen LogP contribution < -0.4 is 10.1 Å². The normalized spacial score (nSPS) is 15.6. The van der Waals surface area contributed by atoms with Crippen molar-refractivity contribution in [1.82, 2.24) is 4.31 Å². The second-order valence-electron chi connectivity index (χ2n) is 7.19. The first-order valence-electron chi connectivity index (χ1n) is 9.65. The zero-order valence-electron chi connectivity index (χ0n) is 16.5. The quantitative estimate of drug-likeness (QED) is 0.697. The highest BCUT2D eigenvalue weighted by Gasteiger charge is 2.28. The van der Waals surface area contributed by atoms with Gasteiger partial charge in [-0.3, -0.25) is 4.79 Å². The minimum atomic E-state index is -3.60. The molecule has 1 amide bonds. The summed E-state index contributed by atoms with van der Waals surface area (Å²) in [6.07, 6.45) is 3.36. The fraction of sp³-hybridized carbons (Fsp3) is 0.318. The molecular formula is C22H26N2O4S. The molecule has 0 radical (unpaired) electrons. The van der Waals surface area contributed by atoms with Gasteiger partial charge in [0.25, 0.3) is 5.91 Å². The molecule has 0 unspecified atom stereocenters. The van der Waals surface area contributed by atoms with Crippen LogP contribution in [0, 0.1) is 5.92 Å². The molecule has 29 heavy (non-hydrogen) atoms. The molecule has 1 N–H and O–H groups in total. The van der Waals surface area contributed by atoms with E-state index in [1.165, 1.54) is 16.4 Å². The molecule has 6 nitrogen and oxygen atoms in total. The molecule has 3 rings (SSSR count). The van der Waals surface area contributed by atoms with Crippen molar-refractivity contribution in [1.29, 1.82) is 0 Å². The monoisotopic (exact) mass is 414 g/mol. The Balaban J connectivity index is 1.71. The Hall–Kier alpha value is -2.64. The van der Waals surface area contributed by atoms with E-state index in [2.05, 4.69) is 18.8 Å². The van der Waals surface area contributed by atoms with Crippen molar-refractivity contribution in [3.05, 3.63) is 66.7 Å². The lowest BCUT2D eigenvalue weighted by molar-refractivity contribution is 0.102. The molecule has 1 saturated heterocycles. The number of hydrogen-bond acceptors (Lipinski definition) is 4. The van der Waals surface area contributed by atoms with Crippen molar-refractivity contribution in [2.45, 2.75) is 24.7 Å². The number of amides is 1. The van der Waals surface area contributed by atoms with Gasteiger partial charge >= 0.3 is 0 Å². The van der Waals surface area contributed by atoms with Gasteiger partial charge in [0.05, 0.1) is 4.90 Å². The van der Waals surface area contributed by atoms with E-state index in [-0.39, 0.29) is 10.8 Å². The van der Waals surface area contributed by atoms with Gasteiger partial charge in [0, 0.05) is 24.3 Å². The SMILES string of the molecule is C=CCOc1ccc(NC(=O)c2cccc(S(=O)(=O)N3CCC(C)CC3)c2)cc1. The van der Waals surface area contributed by atoms with E-state index in [0.29, 0.717) is 42.6 Å². The topological polar surface area (TPSA) is 75.7 Å². The lowest BCUT2D eigenvalue weighted by atomic mass is 10.0. The first-order chi connectivity index (χ1) is 13.9. The minimum absolute atomic E-state index is 0.146. The summed E-state index contributed by atoms with van der Waals surface area (Å²) >= 11 is 0. The third-order valence-electron chi connectivity index (χ3n) is 4.96. The molecule has 0 aromatic heterocycles. The third kappa shape index (κ3) is 5.25. The number of anilines is 1. The Morgan fingerprint density at radius 1 is 1.21 bits per heavy atom. The molecule has 2 aromatic carbocycles. The average Bonchev–Trinajstić information content (AvgIpc) is 2.73. The van der Waals surface area contributed by atoms with Gasteiger partial charge < -0.3 is 10.1 Å². The third-order valence-corrected chi connectivity index (χ3v) is 6.85. The first-order valence-corrected chi connectivity index (χ1v) is 11.1. The van der Waals surface area contributed by atoms with Crippen LogP contribution in [0.4, 0.5) is 5.69 Å². The maximum absolute atomic E-state index is 12.9. The predicted octanol–water partition coefficient (Wildman–Crippen LogP) is 3.92. The fourth-order valence-electron chi connectivity index (χ4n) is 3.17. The van der Waals surface area contributed by atoms with E-state index in [4.69, 9.17) is 4.74 Å². The Labute approximate surface area is 172 Å². The van der Waals surface area contributed by atoms with Crippen LogP contribution in [0.2, 0.25) is 0 Å². The van der Waals surface area contributed by atoms with Gasteiger partial charge in [0.1, 0.15) is 12.4 Å².